The molecule has 1 aliphatic rings. The number of likely N-dealkylation sites (tertiary alicyclic amines) is 1. The first-order valence-corrected chi connectivity index (χ1v) is 8.92. The van der Waals surface area contributed by atoms with E-state index in [1.54, 1.807) is 41.3 Å². The maximum Gasteiger partial charge on any atom is 0.312 e. The van der Waals surface area contributed by atoms with Crippen molar-refractivity contribution in [3.05, 3.63) is 48.4 Å². The van der Waals surface area contributed by atoms with E-state index in [0.29, 0.717) is 23.7 Å². The number of esters is 1. The van der Waals surface area contributed by atoms with Crippen molar-refractivity contribution >= 4 is 23.5 Å². The van der Waals surface area contributed by atoms with Gasteiger partial charge in [0.05, 0.1) is 31.5 Å². The zero-order valence-electron chi connectivity index (χ0n) is 15.7. The molecule has 0 bridgehead atoms. The van der Waals surface area contributed by atoms with Crippen LogP contribution < -0.4 is 10.1 Å². The van der Waals surface area contributed by atoms with Crippen LogP contribution >= 0.6 is 0 Å². The average Bonchev–Trinajstić information content (AvgIpc) is 3.32. The Kier molecular flexibility index (Phi) is 5.98. The van der Waals surface area contributed by atoms with Gasteiger partial charge in [0.2, 0.25) is 5.91 Å². The Bertz CT molecular complexity index is 848. The Morgan fingerprint density at radius 1 is 1.29 bits per heavy atom. The van der Waals surface area contributed by atoms with Crippen molar-refractivity contribution in [1.29, 1.82) is 0 Å². The molecular formula is C20H22N2O6. The van der Waals surface area contributed by atoms with Crippen LogP contribution in [0.25, 0.3) is 0 Å². The fourth-order valence-electron chi connectivity index (χ4n) is 2.98. The van der Waals surface area contributed by atoms with Crippen molar-refractivity contribution < 1.29 is 28.3 Å². The number of hydrogen-bond acceptors (Lipinski definition) is 6. The van der Waals surface area contributed by atoms with Gasteiger partial charge in [-0.3, -0.25) is 14.4 Å². The van der Waals surface area contributed by atoms with Gasteiger partial charge in [-0.1, -0.05) is 12.1 Å². The Balaban J connectivity index is 1.53. The number of carbonyl (C=O) groups is 3. The molecule has 0 spiro atoms. The monoisotopic (exact) mass is 386 g/mol. The molecule has 1 aliphatic heterocycles. The quantitative estimate of drug-likeness (QED) is 0.733. The van der Waals surface area contributed by atoms with E-state index in [2.05, 4.69) is 5.32 Å². The van der Waals surface area contributed by atoms with Crippen molar-refractivity contribution in [2.24, 2.45) is 5.92 Å². The van der Waals surface area contributed by atoms with Crippen LogP contribution in [0.3, 0.4) is 0 Å². The van der Waals surface area contributed by atoms with Crippen LogP contribution in [-0.2, 0) is 25.7 Å². The zero-order chi connectivity index (χ0) is 20.1. The van der Waals surface area contributed by atoms with E-state index in [4.69, 9.17) is 13.9 Å². The maximum atomic E-state index is 12.4. The second-order valence-corrected chi connectivity index (χ2v) is 6.52. The molecule has 2 heterocycles. The van der Waals surface area contributed by atoms with Crippen LogP contribution in [0, 0.1) is 5.92 Å². The number of hydrogen-bond donors (Lipinski definition) is 1. The van der Waals surface area contributed by atoms with Gasteiger partial charge in [-0.25, -0.2) is 0 Å². The molecule has 2 aromatic rings. The van der Waals surface area contributed by atoms with Crippen molar-refractivity contribution in [2.75, 3.05) is 19.0 Å². The topological polar surface area (TPSA) is 98.1 Å². The maximum absolute atomic E-state index is 12.4. The number of carbonyl (C=O) groups excluding carboxylic acids is 3. The Hall–Kier alpha value is -3.29. The molecular weight excluding hydrogens is 364 g/mol. The van der Waals surface area contributed by atoms with Crippen LogP contribution in [0.2, 0.25) is 0 Å². The normalized spacial score (nSPS) is 17.3. The lowest BCUT2D eigenvalue weighted by molar-refractivity contribution is -0.157. The van der Waals surface area contributed by atoms with Gasteiger partial charge in [0, 0.05) is 13.0 Å². The molecule has 1 aromatic heterocycles. The molecule has 28 heavy (non-hydrogen) atoms. The van der Waals surface area contributed by atoms with E-state index in [1.165, 1.54) is 20.3 Å². The zero-order valence-corrected chi connectivity index (χ0v) is 15.7. The van der Waals surface area contributed by atoms with Crippen LogP contribution in [0.15, 0.2) is 47.1 Å². The van der Waals surface area contributed by atoms with Gasteiger partial charge in [0.15, 0.2) is 6.10 Å². The molecule has 2 atom stereocenters. The average molecular weight is 386 g/mol. The number of para-hydroxylation sites is 2. The summed E-state index contributed by atoms with van der Waals surface area (Å²) in [6.07, 6.45) is 0.580. The summed E-state index contributed by atoms with van der Waals surface area (Å²) in [5.74, 6) is -0.655. The molecule has 1 aromatic carbocycles. The summed E-state index contributed by atoms with van der Waals surface area (Å²) in [4.78, 5) is 38.4. The Labute approximate surface area is 162 Å². The predicted octanol–water partition coefficient (Wildman–Crippen LogP) is 2.21. The van der Waals surface area contributed by atoms with Gasteiger partial charge < -0.3 is 24.1 Å². The largest absolute Gasteiger partial charge is 0.495 e. The summed E-state index contributed by atoms with van der Waals surface area (Å²) >= 11 is 0. The summed E-state index contributed by atoms with van der Waals surface area (Å²) in [6, 6.07) is 10.4. The summed E-state index contributed by atoms with van der Waals surface area (Å²) in [6.45, 7) is 2.03. The smallest absolute Gasteiger partial charge is 0.312 e. The molecule has 0 aliphatic carbocycles. The summed E-state index contributed by atoms with van der Waals surface area (Å²) < 4.78 is 15.7. The highest BCUT2D eigenvalue weighted by atomic mass is 16.5. The van der Waals surface area contributed by atoms with Crippen LogP contribution in [0.1, 0.15) is 19.1 Å². The second kappa shape index (κ2) is 8.60. The van der Waals surface area contributed by atoms with E-state index in [-0.39, 0.29) is 18.9 Å². The Morgan fingerprint density at radius 2 is 2.07 bits per heavy atom. The molecule has 0 unspecified atom stereocenters. The lowest BCUT2D eigenvalue weighted by Gasteiger charge is -2.17. The summed E-state index contributed by atoms with van der Waals surface area (Å²) in [5, 5.41) is 2.67. The van der Waals surface area contributed by atoms with Crippen molar-refractivity contribution in [2.45, 2.75) is 26.0 Å². The molecule has 1 saturated heterocycles. The third-order valence-electron chi connectivity index (χ3n) is 4.50. The highest BCUT2D eigenvalue weighted by molar-refractivity contribution is 5.96. The molecule has 1 N–H and O–H groups in total. The first kappa shape index (κ1) is 19.5. The van der Waals surface area contributed by atoms with Crippen LogP contribution in [-0.4, -0.2) is 42.4 Å². The molecule has 2 amide bonds. The molecule has 1 fully saturated rings. The van der Waals surface area contributed by atoms with Gasteiger partial charge in [-0.05, 0) is 31.2 Å². The number of nitrogens with zero attached hydrogens (tertiary/aromatic N) is 1. The summed E-state index contributed by atoms with van der Waals surface area (Å²) in [5.41, 5.74) is 0.485. The van der Waals surface area contributed by atoms with Gasteiger partial charge in [0.25, 0.3) is 5.91 Å². The SMILES string of the molecule is COc1ccccc1NC(=O)[C@@H](C)OC(=O)[C@@H]1CC(=O)N(Cc2ccco2)C1. The van der Waals surface area contributed by atoms with Gasteiger partial charge in [0.1, 0.15) is 11.5 Å². The first-order valence-electron chi connectivity index (χ1n) is 8.92. The molecule has 0 radical (unpaired) electrons. The fraction of sp³-hybridized carbons (Fsp3) is 0.350. The van der Waals surface area contributed by atoms with Gasteiger partial charge in [-0.2, -0.15) is 0 Å². The van der Waals surface area contributed by atoms with E-state index in [0.717, 1.165) is 0 Å². The van der Waals surface area contributed by atoms with Crippen LogP contribution in [0.4, 0.5) is 5.69 Å². The van der Waals surface area contributed by atoms with Crippen molar-refractivity contribution in [3.63, 3.8) is 0 Å². The fourth-order valence-corrected chi connectivity index (χ4v) is 2.98. The number of ether oxygens (including phenoxy) is 2. The lowest BCUT2D eigenvalue weighted by atomic mass is 10.1. The highest BCUT2D eigenvalue weighted by Crippen LogP contribution is 2.24. The van der Waals surface area contributed by atoms with Gasteiger partial charge in [-0.15, -0.1) is 0 Å². The van der Waals surface area contributed by atoms with E-state index in [9.17, 15) is 14.4 Å². The second-order valence-electron chi connectivity index (χ2n) is 6.52. The molecule has 8 heteroatoms. The van der Waals surface area contributed by atoms with E-state index in [1.807, 2.05) is 0 Å². The molecule has 0 saturated carbocycles. The first-order chi connectivity index (χ1) is 13.5. The number of anilines is 1. The number of benzene rings is 1. The Morgan fingerprint density at radius 3 is 2.79 bits per heavy atom. The number of methoxy groups -OCH3 is 1. The molecule has 8 nitrogen and oxygen atoms in total. The molecule has 3 rings (SSSR count). The predicted molar refractivity (Wildman–Crippen MR) is 99.4 cm³/mol. The van der Waals surface area contributed by atoms with Gasteiger partial charge >= 0.3 is 5.97 Å². The van der Waals surface area contributed by atoms with Crippen LogP contribution in [0.5, 0.6) is 5.75 Å². The minimum atomic E-state index is -1.01. The minimum absolute atomic E-state index is 0.0559. The number of amides is 2. The van der Waals surface area contributed by atoms with E-state index >= 15 is 0 Å². The lowest BCUT2D eigenvalue weighted by Crippen LogP contribution is -2.33. The highest BCUT2D eigenvalue weighted by Gasteiger charge is 2.37. The number of rotatable bonds is 7. The summed E-state index contributed by atoms with van der Waals surface area (Å²) in [7, 11) is 1.50. The number of furan rings is 1. The number of nitrogens with one attached hydrogen (secondary N) is 1. The third kappa shape index (κ3) is 4.51. The van der Waals surface area contributed by atoms with Crippen molar-refractivity contribution in [1.82, 2.24) is 4.90 Å². The third-order valence-corrected chi connectivity index (χ3v) is 4.50. The standard InChI is InChI=1S/C20H22N2O6/c1-13(19(24)21-16-7-3-4-8-17(16)26-2)28-20(25)14-10-18(23)22(11-14)12-15-6-5-9-27-15/h3-9,13-14H,10-12H2,1-2H3,(H,21,24)/t13-,14-/m1/s1. The molecule has 148 valence electrons. The minimum Gasteiger partial charge on any atom is -0.495 e. The van der Waals surface area contributed by atoms with Crippen molar-refractivity contribution in [3.8, 4) is 5.75 Å². The van der Waals surface area contributed by atoms with E-state index < -0.39 is 23.9 Å².